The fourth-order valence-electron chi connectivity index (χ4n) is 3.68. The third-order valence-electron chi connectivity index (χ3n) is 5.08. The first-order valence-electron chi connectivity index (χ1n) is 11.1. The van der Waals surface area contributed by atoms with Gasteiger partial charge in [0.05, 0.1) is 17.0 Å². The van der Waals surface area contributed by atoms with Crippen molar-refractivity contribution in [1.29, 1.82) is 0 Å². The number of aryl methyl sites for hydroxylation is 1. The number of para-hydroxylation sites is 1. The number of alkyl halides is 3. The van der Waals surface area contributed by atoms with E-state index in [9.17, 15) is 22.8 Å². The van der Waals surface area contributed by atoms with E-state index in [2.05, 4.69) is 5.32 Å². The molecule has 0 saturated carbocycles. The van der Waals surface area contributed by atoms with Crippen LogP contribution in [-0.4, -0.2) is 17.3 Å². The lowest BCUT2D eigenvalue weighted by atomic mass is 10.00. The van der Waals surface area contributed by atoms with E-state index in [1.54, 1.807) is 71.9 Å². The Hall–Kier alpha value is -2.94. The van der Waals surface area contributed by atoms with Crippen molar-refractivity contribution in [3.05, 3.63) is 68.9 Å². The molecule has 1 aromatic heterocycles. The number of nitrogens with one attached hydrogen (secondary N) is 1. The van der Waals surface area contributed by atoms with Crippen molar-refractivity contribution in [2.45, 2.75) is 64.5 Å². The van der Waals surface area contributed by atoms with E-state index in [1.165, 1.54) is 6.07 Å². The zero-order valence-electron chi connectivity index (χ0n) is 20.4. The molecule has 35 heavy (non-hydrogen) atoms. The van der Waals surface area contributed by atoms with Gasteiger partial charge in [0, 0.05) is 11.3 Å². The second kappa shape index (κ2) is 9.97. The Bertz CT molecular complexity index is 1310. The van der Waals surface area contributed by atoms with E-state index in [0.717, 1.165) is 11.8 Å². The molecule has 0 radical (unpaired) electrons. The van der Waals surface area contributed by atoms with Gasteiger partial charge >= 0.3 is 12.1 Å². The fraction of sp³-hybridized carbons (Fsp3) is 0.385. The maximum Gasteiger partial charge on any atom is 0.424 e. The number of esters is 1. The van der Waals surface area contributed by atoms with Crippen LogP contribution in [-0.2, 0) is 10.9 Å². The Morgan fingerprint density at radius 3 is 2.43 bits per heavy atom. The molecule has 9 heteroatoms. The lowest BCUT2D eigenvalue weighted by Crippen LogP contribution is -2.24. The third-order valence-corrected chi connectivity index (χ3v) is 5.91. The van der Waals surface area contributed by atoms with E-state index in [4.69, 9.17) is 9.15 Å². The number of hydrogen-bond donors (Lipinski definition) is 1. The van der Waals surface area contributed by atoms with Crippen LogP contribution in [0.2, 0.25) is 0 Å². The van der Waals surface area contributed by atoms with E-state index in [0.29, 0.717) is 28.1 Å². The molecule has 1 atom stereocenters. The molecule has 0 aliphatic rings. The standard InChI is InChI=1S/C26H28F3NO4S/c1-7-35-24-20(26(27,28)29)21(31)18-13-14(2)12-17(22(18)33-24)15(3)30-19-11-9-8-10-16(19)23(32)34-25(4,5)6/h8-13,15,30H,7H2,1-6H3. The number of carbonyl (C=O) groups excluding carboxylic acids is 1. The first-order chi connectivity index (χ1) is 16.2. The molecular weight excluding hydrogens is 479 g/mol. The summed E-state index contributed by atoms with van der Waals surface area (Å²) in [5, 5.41) is 2.64. The fourth-order valence-corrected chi connectivity index (χ4v) is 4.44. The van der Waals surface area contributed by atoms with Crippen molar-refractivity contribution < 1.29 is 27.1 Å². The van der Waals surface area contributed by atoms with Crippen LogP contribution in [0.15, 0.2) is 50.7 Å². The highest BCUT2D eigenvalue weighted by Crippen LogP contribution is 2.38. The van der Waals surface area contributed by atoms with Gasteiger partial charge in [0.15, 0.2) is 10.7 Å². The zero-order valence-corrected chi connectivity index (χ0v) is 21.2. The number of rotatable bonds is 6. The molecule has 1 heterocycles. The SMILES string of the molecule is CCSc1oc2c(C(C)Nc3ccccc3C(=O)OC(C)(C)C)cc(C)cc2c(=O)c1C(F)(F)F. The molecule has 1 unspecified atom stereocenters. The Labute approximate surface area is 206 Å². The molecule has 0 bridgehead atoms. The minimum absolute atomic E-state index is 0.0827. The van der Waals surface area contributed by atoms with E-state index in [-0.39, 0.29) is 11.0 Å². The largest absolute Gasteiger partial charge is 0.456 e. The summed E-state index contributed by atoms with van der Waals surface area (Å²) in [5.74, 6) is -0.208. The Balaban J connectivity index is 2.13. The maximum absolute atomic E-state index is 13.7. The van der Waals surface area contributed by atoms with Crippen molar-refractivity contribution in [1.82, 2.24) is 0 Å². The molecule has 0 aliphatic carbocycles. The van der Waals surface area contributed by atoms with Crippen molar-refractivity contribution in [3.8, 4) is 0 Å². The highest BCUT2D eigenvalue weighted by atomic mass is 32.2. The molecule has 1 N–H and O–H groups in total. The quantitative estimate of drug-likeness (QED) is 0.278. The Kier molecular flexibility index (Phi) is 7.59. The molecule has 0 spiro atoms. The average molecular weight is 508 g/mol. The van der Waals surface area contributed by atoms with Gasteiger partial charge in [-0.1, -0.05) is 36.9 Å². The molecule has 2 aromatic carbocycles. The predicted molar refractivity (Wildman–Crippen MR) is 132 cm³/mol. The van der Waals surface area contributed by atoms with Crippen molar-refractivity contribution in [3.63, 3.8) is 0 Å². The molecule has 5 nitrogen and oxygen atoms in total. The first-order valence-corrected chi connectivity index (χ1v) is 12.1. The summed E-state index contributed by atoms with van der Waals surface area (Å²) in [4.78, 5) is 25.7. The Morgan fingerprint density at radius 2 is 1.83 bits per heavy atom. The van der Waals surface area contributed by atoms with Gasteiger partial charge in [-0.2, -0.15) is 13.2 Å². The molecule has 0 amide bonds. The summed E-state index contributed by atoms with van der Waals surface area (Å²) in [6.07, 6.45) is -4.84. The number of anilines is 1. The number of hydrogen-bond acceptors (Lipinski definition) is 6. The summed E-state index contributed by atoms with van der Waals surface area (Å²) in [6, 6.07) is 9.45. The molecule has 3 rings (SSSR count). The maximum atomic E-state index is 13.7. The van der Waals surface area contributed by atoms with Gasteiger partial charge in [-0.05, 0) is 64.1 Å². The molecule has 188 valence electrons. The number of ether oxygens (including phenoxy) is 1. The number of benzene rings is 2. The zero-order chi connectivity index (χ0) is 26.1. The smallest absolute Gasteiger partial charge is 0.424 e. The average Bonchev–Trinajstić information content (AvgIpc) is 2.72. The number of thioether (sulfide) groups is 1. The van der Waals surface area contributed by atoms with Crippen molar-refractivity contribution in [2.75, 3.05) is 11.1 Å². The van der Waals surface area contributed by atoms with Crippen LogP contribution in [0.1, 0.15) is 67.7 Å². The van der Waals surface area contributed by atoms with E-state index >= 15 is 0 Å². The van der Waals surface area contributed by atoms with Gasteiger partial charge in [0.2, 0.25) is 5.43 Å². The lowest BCUT2D eigenvalue weighted by Gasteiger charge is -2.23. The molecule has 0 aliphatic heterocycles. The van der Waals surface area contributed by atoms with Crippen molar-refractivity contribution >= 4 is 34.4 Å². The normalized spacial score (nSPS) is 13.1. The predicted octanol–water partition coefficient (Wildman–Crippen LogP) is 7.36. The van der Waals surface area contributed by atoms with Gasteiger partial charge in [-0.15, -0.1) is 0 Å². The first kappa shape index (κ1) is 26.7. The molecule has 0 saturated heterocycles. The summed E-state index contributed by atoms with van der Waals surface area (Å²) in [7, 11) is 0. The van der Waals surface area contributed by atoms with E-state index < -0.39 is 39.9 Å². The summed E-state index contributed by atoms with van der Waals surface area (Å²) >= 11 is 0.830. The van der Waals surface area contributed by atoms with Crippen LogP contribution in [0.3, 0.4) is 0 Å². The second-order valence-corrected chi connectivity index (χ2v) is 10.4. The van der Waals surface area contributed by atoms with E-state index in [1.807, 2.05) is 0 Å². The van der Waals surface area contributed by atoms with Gasteiger partial charge in [-0.25, -0.2) is 4.79 Å². The number of carbonyl (C=O) groups is 1. The monoisotopic (exact) mass is 507 g/mol. The minimum atomic E-state index is -4.84. The van der Waals surface area contributed by atoms with Crippen molar-refractivity contribution in [2.24, 2.45) is 0 Å². The number of halogens is 3. The van der Waals surface area contributed by atoms with Crippen LogP contribution >= 0.6 is 11.8 Å². The topological polar surface area (TPSA) is 68.5 Å². The highest BCUT2D eigenvalue weighted by molar-refractivity contribution is 7.99. The van der Waals surface area contributed by atoms with Gasteiger partial charge in [0.25, 0.3) is 0 Å². The lowest BCUT2D eigenvalue weighted by molar-refractivity contribution is -0.142. The third kappa shape index (κ3) is 6.01. The van der Waals surface area contributed by atoms with Crippen LogP contribution in [0, 0.1) is 6.92 Å². The van der Waals surface area contributed by atoms with Crippen LogP contribution in [0.4, 0.5) is 18.9 Å². The van der Waals surface area contributed by atoms with Crippen LogP contribution in [0.5, 0.6) is 0 Å². The van der Waals surface area contributed by atoms with Gasteiger partial charge < -0.3 is 14.5 Å². The highest BCUT2D eigenvalue weighted by Gasteiger charge is 2.39. The second-order valence-electron chi connectivity index (χ2n) is 9.17. The number of fused-ring (bicyclic) bond motifs is 1. The van der Waals surface area contributed by atoms with Gasteiger partial charge in [0.1, 0.15) is 11.2 Å². The summed E-state index contributed by atoms with van der Waals surface area (Å²) in [5.41, 5.74) is -1.09. The van der Waals surface area contributed by atoms with Crippen LogP contribution < -0.4 is 10.7 Å². The summed E-state index contributed by atoms with van der Waals surface area (Å²) < 4.78 is 52.4. The Morgan fingerprint density at radius 1 is 1.17 bits per heavy atom. The molecule has 0 fully saturated rings. The summed E-state index contributed by atoms with van der Waals surface area (Å²) in [6.45, 7) is 10.5. The van der Waals surface area contributed by atoms with Crippen LogP contribution in [0.25, 0.3) is 11.0 Å². The van der Waals surface area contributed by atoms with Gasteiger partial charge in [-0.3, -0.25) is 4.79 Å². The molecular formula is C26H28F3NO4S. The molecule has 3 aromatic rings. The minimum Gasteiger partial charge on any atom is -0.456 e.